The Morgan fingerprint density at radius 1 is 1.18 bits per heavy atom. The predicted octanol–water partition coefficient (Wildman–Crippen LogP) is 1.30. The molecule has 0 saturated carbocycles. The molecule has 5 heteroatoms. The van der Waals surface area contributed by atoms with E-state index in [0.717, 1.165) is 5.69 Å². The number of aliphatic imine (C=N–C) groups is 1. The van der Waals surface area contributed by atoms with Crippen LogP contribution in [0.3, 0.4) is 0 Å². The lowest BCUT2D eigenvalue weighted by Crippen LogP contribution is -2.18. The first kappa shape index (κ1) is 11.6. The number of benzene rings is 1. The second-order valence-electron chi connectivity index (χ2n) is 3.49. The largest absolute Gasteiger partial charge is 0.482 e. The van der Waals surface area contributed by atoms with Crippen molar-refractivity contribution < 1.29 is 19.0 Å². The minimum absolute atomic E-state index is 0.381. The van der Waals surface area contributed by atoms with Gasteiger partial charge in [0.05, 0.1) is 19.9 Å². The molecule has 5 nitrogen and oxygen atoms in total. The van der Waals surface area contributed by atoms with Crippen LogP contribution >= 0.6 is 0 Å². The van der Waals surface area contributed by atoms with Crippen molar-refractivity contribution in [3.05, 3.63) is 30.3 Å². The zero-order valence-corrected chi connectivity index (χ0v) is 9.62. The highest BCUT2D eigenvalue weighted by Crippen LogP contribution is 2.26. The van der Waals surface area contributed by atoms with Gasteiger partial charge in [-0.25, -0.2) is 9.79 Å². The molecule has 1 aromatic carbocycles. The SMILES string of the molecule is COC(=O)C1OC1C(=Nc1ccccc1)OC. The number of nitrogens with zero attached hydrogens (tertiary/aromatic N) is 1. The Morgan fingerprint density at radius 3 is 2.47 bits per heavy atom. The Kier molecular flexibility index (Phi) is 3.39. The van der Waals surface area contributed by atoms with Crippen molar-refractivity contribution in [2.75, 3.05) is 14.2 Å². The molecule has 0 bridgehead atoms. The normalized spacial score (nSPS) is 23.1. The first-order valence-corrected chi connectivity index (χ1v) is 5.17. The molecule has 0 spiro atoms. The second kappa shape index (κ2) is 4.97. The van der Waals surface area contributed by atoms with Crippen LogP contribution in [0.2, 0.25) is 0 Å². The van der Waals surface area contributed by atoms with Crippen molar-refractivity contribution in [3.63, 3.8) is 0 Å². The minimum atomic E-state index is -0.595. The van der Waals surface area contributed by atoms with Crippen LogP contribution in [-0.4, -0.2) is 38.3 Å². The third-order valence-corrected chi connectivity index (χ3v) is 2.37. The van der Waals surface area contributed by atoms with E-state index in [0.29, 0.717) is 5.90 Å². The number of epoxide rings is 1. The number of esters is 1. The lowest BCUT2D eigenvalue weighted by Gasteiger charge is -2.01. The van der Waals surface area contributed by atoms with Crippen molar-refractivity contribution in [1.29, 1.82) is 0 Å². The van der Waals surface area contributed by atoms with Crippen molar-refractivity contribution in [1.82, 2.24) is 0 Å². The van der Waals surface area contributed by atoms with Gasteiger partial charge in [-0.05, 0) is 12.1 Å². The molecule has 0 radical (unpaired) electrons. The summed E-state index contributed by atoms with van der Waals surface area (Å²) in [5, 5.41) is 0. The fourth-order valence-electron chi connectivity index (χ4n) is 1.45. The first-order chi connectivity index (χ1) is 8.26. The maximum atomic E-state index is 11.2. The molecule has 1 aliphatic heterocycles. The molecule has 1 heterocycles. The highest BCUT2D eigenvalue weighted by atomic mass is 16.7. The van der Waals surface area contributed by atoms with Crippen LogP contribution < -0.4 is 0 Å². The van der Waals surface area contributed by atoms with Gasteiger partial charge in [-0.1, -0.05) is 18.2 Å². The van der Waals surface area contributed by atoms with Crippen molar-refractivity contribution >= 4 is 17.6 Å². The van der Waals surface area contributed by atoms with Crippen molar-refractivity contribution in [2.24, 2.45) is 4.99 Å². The third kappa shape index (κ3) is 2.62. The number of ether oxygens (including phenoxy) is 3. The van der Waals surface area contributed by atoms with Gasteiger partial charge in [0.25, 0.3) is 0 Å². The lowest BCUT2D eigenvalue weighted by molar-refractivity contribution is -0.142. The summed E-state index contributed by atoms with van der Waals surface area (Å²) >= 11 is 0. The summed E-state index contributed by atoms with van der Waals surface area (Å²) in [7, 11) is 2.82. The van der Waals surface area contributed by atoms with Crippen LogP contribution in [0.4, 0.5) is 5.69 Å². The highest BCUT2D eigenvalue weighted by molar-refractivity contribution is 5.93. The van der Waals surface area contributed by atoms with E-state index in [1.54, 1.807) is 0 Å². The second-order valence-corrected chi connectivity index (χ2v) is 3.49. The van der Waals surface area contributed by atoms with E-state index in [9.17, 15) is 4.79 Å². The van der Waals surface area contributed by atoms with E-state index in [2.05, 4.69) is 9.73 Å². The number of methoxy groups -OCH3 is 2. The molecule has 90 valence electrons. The molecule has 17 heavy (non-hydrogen) atoms. The van der Waals surface area contributed by atoms with Crippen LogP contribution in [0.5, 0.6) is 0 Å². The van der Waals surface area contributed by atoms with Gasteiger partial charge >= 0.3 is 5.97 Å². The fraction of sp³-hybridized carbons (Fsp3) is 0.333. The van der Waals surface area contributed by atoms with E-state index < -0.39 is 18.2 Å². The number of hydrogen-bond donors (Lipinski definition) is 0. The standard InChI is InChI=1S/C12H13NO4/c1-15-11(9-10(17-9)12(14)16-2)13-8-6-4-3-5-7-8/h3-7,9-10H,1-2H3. The lowest BCUT2D eigenvalue weighted by atomic mass is 10.3. The smallest absolute Gasteiger partial charge is 0.338 e. The topological polar surface area (TPSA) is 60.4 Å². The fourth-order valence-corrected chi connectivity index (χ4v) is 1.45. The van der Waals surface area contributed by atoms with Gasteiger partial charge in [0, 0.05) is 0 Å². The minimum Gasteiger partial charge on any atom is -0.482 e. The average Bonchev–Trinajstić information content (AvgIpc) is 3.16. The van der Waals surface area contributed by atoms with E-state index in [4.69, 9.17) is 9.47 Å². The molecule has 1 aliphatic rings. The van der Waals surface area contributed by atoms with Gasteiger partial charge in [-0.3, -0.25) is 0 Å². The van der Waals surface area contributed by atoms with Gasteiger partial charge in [0.2, 0.25) is 5.90 Å². The molecular formula is C12H13NO4. The zero-order chi connectivity index (χ0) is 12.3. The first-order valence-electron chi connectivity index (χ1n) is 5.17. The number of rotatable bonds is 3. The van der Waals surface area contributed by atoms with Crippen LogP contribution in [0.1, 0.15) is 0 Å². The maximum Gasteiger partial charge on any atom is 0.338 e. The molecule has 1 aromatic rings. The molecular weight excluding hydrogens is 222 g/mol. The molecule has 0 aromatic heterocycles. The Bertz CT molecular complexity index is 429. The van der Waals surface area contributed by atoms with E-state index in [1.807, 2.05) is 30.3 Å². The summed E-state index contributed by atoms with van der Waals surface area (Å²) in [5.41, 5.74) is 0.753. The summed E-state index contributed by atoms with van der Waals surface area (Å²) in [6.07, 6.45) is -1.03. The maximum absolute atomic E-state index is 11.2. The van der Waals surface area contributed by atoms with Crippen molar-refractivity contribution in [3.8, 4) is 0 Å². The van der Waals surface area contributed by atoms with Crippen LogP contribution in [0, 0.1) is 0 Å². The number of carbonyl (C=O) groups excluding carboxylic acids is 1. The van der Waals surface area contributed by atoms with Gasteiger partial charge in [0.15, 0.2) is 12.2 Å². The van der Waals surface area contributed by atoms with E-state index in [1.165, 1.54) is 14.2 Å². The summed E-state index contributed by atoms with van der Waals surface area (Å²) in [5.74, 6) is -0.0283. The zero-order valence-electron chi connectivity index (χ0n) is 9.62. The summed E-state index contributed by atoms with van der Waals surface area (Å²) in [4.78, 5) is 15.5. The Labute approximate surface area is 99.0 Å². The van der Waals surface area contributed by atoms with Gasteiger partial charge in [0.1, 0.15) is 0 Å². The number of carbonyl (C=O) groups is 1. The van der Waals surface area contributed by atoms with Crippen molar-refractivity contribution in [2.45, 2.75) is 12.2 Å². The predicted molar refractivity (Wildman–Crippen MR) is 61.2 cm³/mol. The molecule has 0 amide bonds. The quantitative estimate of drug-likeness (QED) is 0.343. The van der Waals surface area contributed by atoms with Crippen LogP contribution in [-0.2, 0) is 19.0 Å². The molecule has 1 fully saturated rings. The molecule has 1 saturated heterocycles. The Hall–Kier alpha value is -1.88. The van der Waals surface area contributed by atoms with Crippen LogP contribution in [0.15, 0.2) is 35.3 Å². The Morgan fingerprint density at radius 2 is 1.88 bits per heavy atom. The van der Waals surface area contributed by atoms with E-state index in [-0.39, 0.29) is 0 Å². The van der Waals surface area contributed by atoms with Gasteiger partial charge in [-0.15, -0.1) is 0 Å². The van der Waals surface area contributed by atoms with Crippen LogP contribution in [0.25, 0.3) is 0 Å². The molecule has 0 aliphatic carbocycles. The molecule has 0 N–H and O–H groups in total. The average molecular weight is 235 g/mol. The number of hydrogen-bond acceptors (Lipinski definition) is 5. The summed E-state index contributed by atoms with van der Waals surface area (Å²) < 4.78 is 14.9. The van der Waals surface area contributed by atoms with Gasteiger partial charge in [-0.2, -0.15) is 0 Å². The van der Waals surface area contributed by atoms with Gasteiger partial charge < -0.3 is 14.2 Å². The monoisotopic (exact) mass is 235 g/mol. The highest BCUT2D eigenvalue weighted by Gasteiger charge is 2.50. The summed E-state index contributed by atoms with van der Waals surface area (Å²) in [6, 6.07) is 9.33. The Balaban J connectivity index is 2.09. The molecule has 2 atom stereocenters. The number of para-hydroxylation sites is 1. The summed E-state index contributed by atoms with van der Waals surface area (Å²) in [6.45, 7) is 0. The molecule has 2 unspecified atom stereocenters. The van der Waals surface area contributed by atoms with E-state index >= 15 is 0 Å². The molecule has 2 rings (SSSR count). The third-order valence-electron chi connectivity index (χ3n) is 2.37.